The van der Waals surface area contributed by atoms with E-state index < -0.39 is 5.97 Å². The topological polar surface area (TPSA) is 81.1 Å². The first kappa shape index (κ1) is 15.1. The second kappa shape index (κ2) is 6.92. The number of rotatable bonds is 6. The number of urea groups is 1. The lowest BCUT2D eigenvalue weighted by Crippen LogP contribution is -2.50. The minimum Gasteiger partial charge on any atom is -0.481 e. The van der Waals surface area contributed by atoms with Crippen LogP contribution in [0.2, 0.25) is 0 Å². The molecule has 2 rings (SSSR count). The molecule has 20 heavy (non-hydrogen) atoms. The molecule has 1 unspecified atom stereocenters. The predicted octanol–water partition coefficient (Wildman–Crippen LogP) is 1.14. The van der Waals surface area contributed by atoms with Gasteiger partial charge in [-0.3, -0.25) is 4.79 Å². The Labute approximate surface area is 119 Å². The zero-order chi connectivity index (χ0) is 14.5. The molecule has 1 saturated heterocycles. The molecule has 0 aromatic heterocycles. The second-order valence-corrected chi connectivity index (χ2v) is 5.84. The Morgan fingerprint density at radius 1 is 1.25 bits per heavy atom. The van der Waals surface area contributed by atoms with Gasteiger partial charge in [-0.25, -0.2) is 4.79 Å². The van der Waals surface area contributed by atoms with Crippen molar-refractivity contribution in [2.45, 2.75) is 44.6 Å². The SMILES string of the molecule is O=C(O)CC1CCN(C(=O)N(CCCO)C2CCC2)C1. The number of carboxylic acid groups (broad SMARTS) is 1. The predicted molar refractivity (Wildman–Crippen MR) is 73.4 cm³/mol. The highest BCUT2D eigenvalue weighted by molar-refractivity contribution is 5.75. The van der Waals surface area contributed by atoms with Gasteiger partial charge < -0.3 is 20.0 Å². The molecule has 6 heteroatoms. The van der Waals surface area contributed by atoms with Crippen LogP contribution in [0.4, 0.5) is 4.79 Å². The van der Waals surface area contributed by atoms with Crippen molar-refractivity contribution in [2.24, 2.45) is 5.92 Å². The van der Waals surface area contributed by atoms with E-state index in [0.717, 1.165) is 25.7 Å². The molecule has 1 saturated carbocycles. The number of hydrogen-bond acceptors (Lipinski definition) is 3. The van der Waals surface area contributed by atoms with Crippen LogP contribution < -0.4 is 0 Å². The zero-order valence-corrected chi connectivity index (χ0v) is 11.8. The van der Waals surface area contributed by atoms with Crippen LogP contribution in [0, 0.1) is 5.92 Å². The van der Waals surface area contributed by atoms with E-state index in [9.17, 15) is 9.59 Å². The van der Waals surface area contributed by atoms with Crippen LogP contribution >= 0.6 is 0 Å². The Morgan fingerprint density at radius 2 is 2.00 bits per heavy atom. The first-order valence-electron chi connectivity index (χ1n) is 7.50. The van der Waals surface area contributed by atoms with E-state index in [0.29, 0.717) is 32.1 Å². The first-order chi connectivity index (χ1) is 9.61. The lowest BCUT2D eigenvalue weighted by atomic mass is 9.91. The fourth-order valence-corrected chi connectivity index (χ4v) is 2.98. The van der Waals surface area contributed by atoms with Gasteiger partial charge in [-0.15, -0.1) is 0 Å². The first-order valence-corrected chi connectivity index (χ1v) is 7.50. The monoisotopic (exact) mass is 284 g/mol. The Kier molecular flexibility index (Phi) is 5.23. The molecule has 0 aromatic carbocycles. The molecule has 114 valence electrons. The molecule has 0 spiro atoms. The summed E-state index contributed by atoms with van der Waals surface area (Å²) in [5, 5.41) is 17.8. The fourth-order valence-electron chi connectivity index (χ4n) is 2.98. The maximum Gasteiger partial charge on any atom is 0.320 e. The molecule has 2 N–H and O–H groups in total. The van der Waals surface area contributed by atoms with E-state index in [1.165, 1.54) is 0 Å². The van der Waals surface area contributed by atoms with Gasteiger partial charge in [0.1, 0.15) is 0 Å². The minimum absolute atomic E-state index is 0.0241. The van der Waals surface area contributed by atoms with E-state index in [-0.39, 0.29) is 25.0 Å². The maximum atomic E-state index is 12.5. The van der Waals surface area contributed by atoms with Gasteiger partial charge in [0.2, 0.25) is 0 Å². The van der Waals surface area contributed by atoms with Crippen molar-refractivity contribution in [2.75, 3.05) is 26.2 Å². The highest BCUT2D eigenvalue weighted by Gasteiger charge is 2.34. The molecule has 1 heterocycles. The molecular formula is C14H24N2O4. The van der Waals surface area contributed by atoms with Crippen LogP contribution in [-0.2, 0) is 4.79 Å². The summed E-state index contributed by atoms with van der Waals surface area (Å²) in [5.41, 5.74) is 0. The number of hydrogen-bond donors (Lipinski definition) is 2. The van der Waals surface area contributed by atoms with Crippen LogP contribution in [0.1, 0.15) is 38.5 Å². The summed E-state index contributed by atoms with van der Waals surface area (Å²) in [6.07, 6.45) is 4.78. The van der Waals surface area contributed by atoms with E-state index in [4.69, 9.17) is 10.2 Å². The highest BCUT2D eigenvalue weighted by Crippen LogP contribution is 2.28. The van der Waals surface area contributed by atoms with Crippen molar-refractivity contribution in [3.63, 3.8) is 0 Å². The average Bonchev–Trinajstić information content (AvgIpc) is 2.78. The van der Waals surface area contributed by atoms with Crippen LogP contribution in [-0.4, -0.2) is 64.3 Å². The molecular weight excluding hydrogens is 260 g/mol. The van der Waals surface area contributed by atoms with E-state index in [1.807, 2.05) is 4.90 Å². The number of aliphatic hydroxyl groups excluding tert-OH is 1. The number of carbonyl (C=O) groups is 2. The molecule has 1 aliphatic heterocycles. The van der Waals surface area contributed by atoms with Crippen LogP contribution in [0.3, 0.4) is 0 Å². The quantitative estimate of drug-likeness (QED) is 0.766. The lowest BCUT2D eigenvalue weighted by Gasteiger charge is -2.39. The third kappa shape index (κ3) is 3.62. The third-order valence-corrected chi connectivity index (χ3v) is 4.34. The normalized spacial score (nSPS) is 22.6. The third-order valence-electron chi connectivity index (χ3n) is 4.34. The summed E-state index contributed by atoms with van der Waals surface area (Å²) < 4.78 is 0. The summed E-state index contributed by atoms with van der Waals surface area (Å²) in [6.45, 7) is 1.89. The number of nitrogens with zero attached hydrogens (tertiary/aromatic N) is 2. The summed E-state index contributed by atoms with van der Waals surface area (Å²) in [6, 6.07) is 0.337. The van der Waals surface area contributed by atoms with Gasteiger partial charge in [-0.2, -0.15) is 0 Å². The van der Waals surface area contributed by atoms with Gasteiger partial charge in [0.15, 0.2) is 0 Å². The molecule has 2 fully saturated rings. The zero-order valence-electron chi connectivity index (χ0n) is 11.8. The molecule has 2 amide bonds. The Balaban J connectivity index is 1.88. The number of aliphatic hydroxyl groups is 1. The molecule has 1 atom stereocenters. The highest BCUT2D eigenvalue weighted by atomic mass is 16.4. The molecule has 0 aromatic rings. The van der Waals surface area contributed by atoms with Gasteiger partial charge in [0.05, 0.1) is 0 Å². The van der Waals surface area contributed by atoms with Crippen molar-refractivity contribution in [1.82, 2.24) is 9.80 Å². The van der Waals surface area contributed by atoms with Crippen LogP contribution in [0.25, 0.3) is 0 Å². The molecule has 2 aliphatic rings. The smallest absolute Gasteiger partial charge is 0.320 e. The van der Waals surface area contributed by atoms with Crippen molar-refractivity contribution < 1.29 is 19.8 Å². The van der Waals surface area contributed by atoms with Crippen molar-refractivity contribution in [3.8, 4) is 0 Å². The number of carboxylic acids is 1. The standard InChI is InChI=1S/C14H24N2O4/c17-8-2-6-16(12-3-1-4-12)14(20)15-7-5-11(10-15)9-13(18)19/h11-12,17H,1-10H2,(H,18,19). The average molecular weight is 284 g/mol. The number of amides is 2. The molecule has 6 nitrogen and oxygen atoms in total. The molecule has 0 radical (unpaired) electrons. The van der Waals surface area contributed by atoms with Crippen LogP contribution in [0.5, 0.6) is 0 Å². The summed E-state index contributed by atoms with van der Waals surface area (Å²) in [4.78, 5) is 26.9. The maximum absolute atomic E-state index is 12.5. The van der Waals surface area contributed by atoms with E-state index in [1.54, 1.807) is 4.90 Å². The van der Waals surface area contributed by atoms with Crippen molar-refractivity contribution in [1.29, 1.82) is 0 Å². The number of aliphatic carboxylic acids is 1. The largest absolute Gasteiger partial charge is 0.481 e. The Hall–Kier alpha value is -1.30. The lowest BCUT2D eigenvalue weighted by molar-refractivity contribution is -0.138. The minimum atomic E-state index is -0.791. The van der Waals surface area contributed by atoms with Gasteiger partial charge in [0.25, 0.3) is 0 Å². The molecule has 1 aliphatic carbocycles. The van der Waals surface area contributed by atoms with Gasteiger partial charge in [-0.1, -0.05) is 0 Å². The van der Waals surface area contributed by atoms with Gasteiger partial charge >= 0.3 is 12.0 Å². The van der Waals surface area contributed by atoms with Crippen molar-refractivity contribution >= 4 is 12.0 Å². The summed E-state index contributed by atoms with van der Waals surface area (Å²) >= 11 is 0. The van der Waals surface area contributed by atoms with E-state index >= 15 is 0 Å². The van der Waals surface area contributed by atoms with Gasteiger partial charge in [0, 0.05) is 38.7 Å². The molecule has 0 bridgehead atoms. The number of carbonyl (C=O) groups excluding carboxylic acids is 1. The fraction of sp³-hybridized carbons (Fsp3) is 0.857. The second-order valence-electron chi connectivity index (χ2n) is 5.84. The summed E-state index contributed by atoms with van der Waals surface area (Å²) in [5.74, 6) is -0.710. The van der Waals surface area contributed by atoms with Crippen LogP contribution in [0.15, 0.2) is 0 Å². The number of likely N-dealkylation sites (tertiary alicyclic amines) is 1. The Morgan fingerprint density at radius 3 is 2.55 bits per heavy atom. The Bertz CT molecular complexity index is 357. The van der Waals surface area contributed by atoms with E-state index in [2.05, 4.69) is 0 Å². The van der Waals surface area contributed by atoms with Crippen molar-refractivity contribution in [3.05, 3.63) is 0 Å². The van der Waals surface area contributed by atoms with Gasteiger partial charge in [-0.05, 0) is 38.0 Å². The summed E-state index contributed by atoms with van der Waals surface area (Å²) in [7, 11) is 0.